The maximum atomic E-state index is 6.48. The zero-order valence-electron chi connectivity index (χ0n) is 16.4. The number of hydrogen-bond acceptors (Lipinski definition) is 4. The zero-order chi connectivity index (χ0) is 21.3. The summed E-state index contributed by atoms with van der Waals surface area (Å²) < 4.78 is 12.7. The molecule has 0 bridgehead atoms. The third-order valence-corrected chi connectivity index (χ3v) is 5.19. The first kappa shape index (κ1) is 22.5. The molecule has 0 amide bonds. The molecular formula is C23H21BrCl2N2O2. The van der Waals surface area contributed by atoms with Crippen LogP contribution in [0.1, 0.15) is 23.6 Å². The standard InChI is InChI=1S/C23H21BrCl2N2O2/c1-2-29-22-12-18(14-28-27-13-16-5-9-20(25)10-6-16)11-21(26)23(22)30-15-17-3-7-19(24)8-4-17/h3-12,14,27H,2,13,15H2,1H3/b28-14-. The molecule has 0 saturated heterocycles. The predicted octanol–water partition coefficient (Wildman–Crippen LogP) is 6.86. The third-order valence-electron chi connectivity index (χ3n) is 4.13. The molecule has 3 aromatic carbocycles. The van der Waals surface area contributed by atoms with E-state index in [1.807, 2.05) is 61.5 Å². The van der Waals surface area contributed by atoms with E-state index in [0.29, 0.717) is 41.3 Å². The van der Waals surface area contributed by atoms with E-state index < -0.39 is 0 Å². The van der Waals surface area contributed by atoms with Crippen LogP contribution in [0.15, 0.2) is 70.2 Å². The average Bonchev–Trinajstić information content (AvgIpc) is 2.73. The monoisotopic (exact) mass is 506 g/mol. The Kier molecular flexibility index (Phi) is 8.43. The first-order valence-corrected chi connectivity index (χ1v) is 10.9. The van der Waals surface area contributed by atoms with Crippen LogP contribution in [0.25, 0.3) is 0 Å². The van der Waals surface area contributed by atoms with Gasteiger partial charge in [-0.25, -0.2) is 0 Å². The van der Waals surface area contributed by atoms with Gasteiger partial charge in [-0.2, -0.15) is 5.10 Å². The van der Waals surface area contributed by atoms with Crippen LogP contribution in [0.3, 0.4) is 0 Å². The Hall–Kier alpha value is -2.21. The molecule has 0 atom stereocenters. The van der Waals surface area contributed by atoms with Crippen LogP contribution in [0, 0.1) is 0 Å². The van der Waals surface area contributed by atoms with Crippen molar-refractivity contribution in [2.75, 3.05) is 6.61 Å². The Morgan fingerprint density at radius 1 is 0.967 bits per heavy atom. The Labute approximate surface area is 194 Å². The summed E-state index contributed by atoms with van der Waals surface area (Å²) in [6.45, 7) is 3.40. The lowest BCUT2D eigenvalue weighted by molar-refractivity contribution is 0.269. The first-order valence-electron chi connectivity index (χ1n) is 9.39. The normalized spacial score (nSPS) is 10.9. The highest BCUT2D eigenvalue weighted by Gasteiger charge is 2.12. The summed E-state index contributed by atoms with van der Waals surface area (Å²) in [5, 5.41) is 5.45. The summed E-state index contributed by atoms with van der Waals surface area (Å²) in [4.78, 5) is 0. The van der Waals surface area contributed by atoms with Gasteiger partial charge < -0.3 is 14.9 Å². The van der Waals surface area contributed by atoms with Gasteiger partial charge in [-0.05, 0) is 60.0 Å². The van der Waals surface area contributed by atoms with Crippen molar-refractivity contribution >= 4 is 45.3 Å². The summed E-state index contributed by atoms with van der Waals surface area (Å²) in [5.74, 6) is 1.11. The van der Waals surface area contributed by atoms with E-state index in [1.54, 1.807) is 12.3 Å². The summed E-state index contributed by atoms with van der Waals surface area (Å²) in [6, 6.07) is 19.2. The molecule has 0 heterocycles. The van der Waals surface area contributed by atoms with Crippen molar-refractivity contribution in [3.8, 4) is 11.5 Å². The predicted molar refractivity (Wildman–Crippen MR) is 127 cm³/mol. The number of nitrogens with zero attached hydrogens (tertiary/aromatic N) is 1. The Balaban J connectivity index is 1.66. The molecule has 0 aliphatic rings. The van der Waals surface area contributed by atoms with Gasteiger partial charge in [0, 0.05) is 9.50 Å². The Morgan fingerprint density at radius 3 is 2.37 bits per heavy atom. The number of rotatable bonds is 9. The molecule has 0 aromatic heterocycles. The largest absolute Gasteiger partial charge is 0.490 e. The van der Waals surface area contributed by atoms with Gasteiger partial charge in [-0.1, -0.05) is 63.4 Å². The average molecular weight is 508 g/mol. The molecule has 0 unspecified atom stereocenters. The van der Waals surface area contributed by atoms with Crippen LogP contribution in [0.5, 0.6) is 11.5 Å². The second-order valence-electron chi connectivity index (χ2n) is 6.40. The minimum atomic E-state index is 0.392. The van der Waals surface area contributed by atoms with E-state index in [1.165, 1.54) is 0 Å². The van der Waals surface area contributed by atoms with E-state index in [9.17, 15) is 0 Å². The van der Waals surface area contributed by atoms with Crippen molar-refractivity contribution in [3.63, 3.8) is 0 Å². The number of benzene rings is 3. The number of hydrazone groups is 1. The fourth-order valence-corrected chi connectivity index (χ4v) is 3.32. The molecule has 0 aliphatic heterocycles. The minimum Gasteiger partial charge on any atom is -0.490 e. The number of ether oxygens (including phenoxy) is 2. The quantitative estimate of drug-likeness (QED) is 0.254. The Morgan fingerprint density at radius 2 is 1.67 bits per heavy atom. The summed E-state index contributed by atoms with van der Waals surface area (Å²) in [5.41, 5.74) is 5.94. The summed E-state index contributed by atoms with van der Waals surface area (Å²) in [6.07, 6.45) is 1.70. The van der Waals surface area contributed by atoms with Crippen LogP contribution in [0.2, 0.25) is 10.0 Å². The zero-order valence-corrected chi connectivity index (χ0v) is 19.5. The molecule has 0 aliphatic carbocycles. The van der Waals surface area contributed by atoms with E-state index >= 15 is 0 Å². The van der Waals surface area contributed by atoms with Crippen LogP contribution >= 0.6 is 39.1 Å². The Bertz CT molecular complexity index is 993. The van der Waals surface area contributed by atoms with Gasteiger partial charge in [0.15, 0.2) is 11.5 Å². The van der Waals surface area contributed by atoms with Crippen molar-refractivity contribution in [1.29, 1.82) is 0 Å². The second-order valence-corrected chi connectivity index (χ2v) is 8.16. The van der Waals surface area contributed by atoms with Gasteiger partial charge in [0.2, 0.25) is 0 Å². The van der Waals surface area contributed by atoms with Gasteiger partial charge in [-0.3, -0.25) is 0 Å². The third kappa shape index (κ3) is 6.66. The molecule has 3 aromatic rings. The van der Waals surface area contributed by atoms with E-state index in [4.69, 9.17) is 32.7 Å². The lowest BCUT2D eigenvalue weighted by atomic mass is 10.2. The molecule has 0 spiro atoms. The van der Waals surface area contributed by atoms with Gasteiger partial charge in [0.05, 0.1) is 24.4 Å². The second kappa shape index (κ2) is 11.3. The summed E-state index contributed by atoms with van der Waals surface area (Å²) in [7, 11) is 0. The topological polar surface area (TPSA) is 42.8 Å². The van der Waals surface area contributed by atoms with Crippen molar-refractivity contribution in [3.05, 3.63) is 91.9 Å². The van der Waals surface area contributed by atoms with Crippen molar-refractivity contribution in [2.45, 2.75) is 20.1 Å². The number of nitrogens with one attached hydrogen (secondary N) is 1. The van der Waals surface area contributed by atoms with E-state index in [-0.39, 0.29) is 0 Å². The van der Waals surface area contributed by atoms with Crippen molar-refractivity contribution in [1.82, 2.24) is 5.43 Å². The molecule has 4 nitrogen and oxygen atoms in total. The molecule has 30 heavy (non-hydrogen) atoms. The molecule has 7 heteroatoms. The highest BCUT2D eigenvalue weighted by atomic mass is 79.9. The van der Waals surface area contributed by atoms with E-state index in [2.05, 4.69) is 26.5 Å². The van der Waals surface area contributed by atoms with Crippen LogP contribution in [0.4, 0.5) is 0 Å². The van der Waals surface area contributed by atoms with Gasteiger partial charge in [-0.15, -0.1) is 0 Å². The molecule has 3 rings (SSSR count). The molecule has 0 saturated carbocycles. The fraction of sp³-hybridized carbons (Fsp3) is 0.174. The van der Waals surface area contributed by atoms with Crippen LogP contribution < -0.4 is 14.9 Å². The summed E-state index contributed by atoms with van der Waals surface area (Å²) >= 11 is 15.8. The minimum absolute atomic E-state index is 0.392. The number of halogens is 3. The SMILES string of the molecule is CCOc1cc(/C=N\NCc2ccc(Cl)cc2)cc(Cl)c1OCc1ccc(Br)cc1. The maximum absolute atomic E-state index is 6.48. The van der Waals surface area contributed by atoms with Gasteiger partial charge >= 0.3 is 0 Å². The van der Waals surface area contributed by atoms with Gasteiger partial charge in [0.25, 0.3) is 0 Å². The lowest BCUT2D eigenvalue weighted by Crippen LogP contribution is -2.05. The molecule has 156 valence electrons. The first-order chi connectivity index (χ1) is 14.5. The van der Waals surface area contributed by atoms with Crippen LogP contribution in [-0.2, 0) is 13.2 Å². The van der Waals surface area contributed by atoms with Crippen molar-refractivity contribution < 1.29 is 9.47 Å². The highest BCUT2D eigenvalue weighted by Crippen LogP contribution is 2.37. The number of hydrogen-bond donors (Lipinski definition) is 1. The molecular weight excluding hydrogens is 487 g/mol. The lowest BCUT2D eigenvalue weighted by Gasteiger charge is -2.14. The van der Waals surface area contributed by atoms with Crippen molar-refractivity contribution in [2.24, 2.45) is 5.10 Å². The van der Waals surface area contributed by atoms with E-state index in [0.717, 1.165) is 21.2 Å². The fourth-order valence-electron chi connectivity index (χ4n) is 2.66. The molecule has 0 radical (unpaired) electrons. The maximum Gasteiger partial charge on any atom is 0.180 e. The molecule has 1 N–H and O–H groups in total. The highest BCUT2D eigenvalue weighted by molar-refractivity contribution is 9.10. The smallest absolute Gasteiger partial charge is 0.180 e. The van der Waals surface area contributed by atoms with Crippen LogP contribution in [-0.4, -0.2) is 12.8 Å². The molecule has 0 fully saturated rings. The van der Waals surface area contributed by atoms with Gasteiger partial charge in [0.1, 0.15) is 6.61 Å².